The predicted octanol–water partition coefficient (Wildman–Crippen LogP) is 1.24. The standard InChI is InChI=1S/C14H16N6O3S/c1-8-11-6-10(7-15-14(11)23-18-8)24(21,22)19-12-4-3-5-20-13(12)16-9(2)17-20/h6-7,12,19H,3-5H2,1-2H3/t12-/m0/s1. The molecular weight excluding hydrogens is 332 g/mol. The fraction of sp³-hybridized carbons (Fsp3) is 0.429. The number of hydrogen-bond donors (Lipinski definition) is 1. The highest BCUT2D eigenvalue weighted by molar-refractivity contribution is 7.89. The second-order valence-electron chi connectivity index (χ2n) is 5.85. The van der Waals surface area contributed by atoms with E-state index < -0.39 is 16.1 Å². The maximum atomic E-state index is 12.7. The maximum Gasteiger partial charge on any atom is 0.257 e. The van der Waals surface area contributed by atoms with Crippen LogP contribution in [0.1, 0.15) is 36.2 Å². The third kappa shape index (κ3) is 2.47. The molecule has 0 amide bonds. The van der Waals surface area contributed by atoms with Gasteiger partial charge in [0.1, 0.15) is 16.5 Å². The van der Waals surface area contributed by atoms with Gasteiger partial charge in [0.15, 0.2) is 0 Å². The minimum Gasteiger partial charge on any atom is -0.336 e. The van der Waals surface area contributed by atoms with Gasteiger partial charge >= 0.3 is 0 Å². The summed E-state index contributed by atoms with van der Waals surface area (Å²) in [6, 6.07) is 1.12. The molecule has 126 valence electrons. The Labute approximate surface area is 138 Å². The van der Waals surface area contributed by atoms with Crippen LogP contribution in [0.2, 0.25) is 0 Å². The predicted molar refractivity (Wildman–Crippen MR) is 83.6 cm³/mol. The number of sulfonamides is 1. The molecule has 0 bridgehead atoms. The van der Waals surface area contributed by atoms with Gasteiger partial charge in [-0.25, -0.2) is 27.8 Å². The first-order valence-corrected chi connectivity index (χ1v) is 9.08. The molecule has 3 aromatic rings. The van der Waals surface area contributed by atoms with Gasteiger partial charge in [-0.3, -0.25) is 0 Å². The first-order valence-electron chi connectivity index (χ1n) is 7.60. The Morgan fingerprint density at radius 3 is 3.04 bits per heavy atom. The second kappa shape index (κ2) is 5.35. The summed E-state index contributed by atoms with van der Waals surface area (Å²) in [4.78, 5) is 8.46. The zero-order valence-electron chi connectivity index (χ0n) is 13.2. The smallest absolute Gasteiger partial charge is 0.257 e. The lowest BCUT2D eigenvalue weighted by Gasteiger charge is -2.22. The molecular formula is C14H16N6O3S. The molecule has 0 saturated carbocycles. The Hall–Kier alpha value is -2.33. The summed E-state index contributed by atoms with van der Waals surface area (Å²) in [5.41, 5.74) is 0.919. The number of rotatable bonds is 3. The Balaban J connectivity index is 1.69. The van der Waals surface area contributed by atoms with Crippen molar-refractivity contribution in [2.75, 3.05) is 0 Å². The first kappa shape index (κ1) is 15.2. The molecule has 0 fully saturated rings. The van der Waals surface area contributed by atoms with Gasteiger partial charge in [0.25, 0.3) is 5.71 Å². The second-order valence-corrected chi connectivity index (χ2v) is 7.56. The largest absolute Gasteiger partial charge is 0.336 e. The van der Waals surface area contributed by atoms with Crippen LogP contribution in [-0.4, -0.2) is 33.3 Å². The van der Waals surface area contributed by atoms with Crippen molar-refractivity contribution in [2.45, 2.75) is 44.2 Å². The van der Waals surface area contributed by atoms with Crippen LogP contribution >= 0.6 is 0 Å². The number of aromatic nitrogens is 5. The number of pyridine rings is 1. The molecule has 1 aliphatic rings. The van der Waals surface area contributed by atoms with Gasteiger partial charge in [-0.2, -0.15) is 5.10 Å². The highest BCUT2D eigenvalue weighted by atomic mass is 32.2. The highest BCUT2D eigenvalue weighted by Gasteiger charge is 2.29. The lowest BCUT2D eigenvalue weighted by molar-refractivity contribution is 0.399. The van der Waals surface area contributed by atoms with E-state index >= 15 is 0 Å². The number of aryl methyl sites for hydroxylation is 3. The quantitative estimate of drug-likeness (QED) is 0.757. The number of hydrogen-bond acceptors (Lipinski definition) is 7. The maximum absolute atomic E-state index is 12.7. The van der Waals surface area contributed by atoms with Crippen LogP contribution in [0.3, 0.4) is 0 Å². The Morgan fingerprint density at radius 1 is 1.38 bits per heavy atom. The third-order valence-corrected chi connectivity index (χ3v) is 5.51. The van der Waals surface area contributed by atoms with Gasteiger partial charge in [-0.1, -0.05) is 5.16 Å². The lowest BCUT2D eigenvalue weighted by Crippen LogP contribution is -2.33. The third-order valence-electron chi connectivity index (χ3n) is 4.07. The van der Waals surface area contributed by atoms with Gasteiger partial charge in [0.05, 0.1) is 23.3 Å². The fourth-order valence-electron chi connectivity index (χ4n) is 2.91. The highest BCUT2D eigenvalue weighted by Crippen LogP contribution is 2.26. The van der Waals surface area contributed by atoms with E-state index in [2.05, 4.69) is 24.9 Å². The summed E-state index contributed by atoms with van der Waals surface area (Å²) in [5, 5.41) is 8.66. The molecule has 4 rings (SSSR count). The van der Waals surface area contributed by atoms with Crippen molar-refractivity contribution in [1.82, 2.24) is 29.6 Å². The molecule has 0 spiro atoms. The summed E-state index contributed by atoms with van der Waals surface area (Å²) >= 11 is 0. The molecule has 0 saturated heterocycles. The van der Waals surface area contributed by atoms with Gasteiger partial charge in [0.2, 0.25) is 10.0 Å². The van der Waals surface area contributed by atoms with Crippen LogP contribution in [-0.2, 0) is 16.6 Å². The number of fused-ring (bicyclic) bond motifs is 2. The zero-order valence-corrected chi connectivity index (χ0v) is 14.0. The van der Waals surface area contributed by atoms with Gasteiger partial charge in [-0.15, -0.1) is 0 Å². The number of nitrogens with zero attached hydrogens (tertiary/aromatic N) is 5. The summed E-state index contributed by atoms with van der Waals surface area (Å²) in [6.07, 6.45) is 2.79. The monoisotopic (exact) mass is 348 g/mol. The average Bonchev–Trinajstić information content (AvgIpc) is 3.10. The van der Waals surface area contributed by atoms with E-state index in [0.29, 0.717) is 34.9 Å². The molecule has 1 N–H and O–H groups in total. The molecule has 3 aromatic heterocycles. The summed E-state index contributed by atoms with van der Waals surface area (Å²) in [6.45, 7) is 4.29. The molecule has 24 heavy (non-hydrogen) atoms. The molecule has 0 aliphatic carbocycles. The van der Waals surface area contributed by atoms with Crippen molar-refractivity contribution in [3.05, 3.63) is 29.6 Å². The van der Waals surface area contributed by atoms with Crippen molar-refractivity contribution < 1.29 is 12.9 Å². The molecule has 10 heteroatoms. The molecule has 1 aliphatic heterocycles. The van der Waals surface area contributed by atoms with E-state index in [0.717, 1.165) is 13.0 Å². The van der Waals surface area contributed by atoms with E-state index in [1.807, 2.05) is 0 Å². The summed E-state index contributed by atoms with van der Waals surface area (Å²) in [7, 11) is -3.74. The number of nitrogens with one attached hydrogen (secondary N) is 1. The normalized spacial score (nSPS) is 18.0. The molecule has 1 atom stereocenters. The van der Waals surface area contributed by atoms with Crippen LogP contribution in [0.4, 0.5) is 0 Å². The average molecular weight is 348 g/mol. The first-order chi connectivity index (χ1) is 11.4. The van der Waals surface area contributed by atoms with Crippen molar-refractivity contribution in [3.63, 3.8) is 0 Å². The molecule has 9 nitrogen and oxygen atoms in total. The Bertz CT molecular complexity index is 1020. The van der Waals surface area contributed by atoms with Crippen LogP contribution < -0.4 is 4.72 Å². The van der Waals surface area contributed by atoms with Gasteiger partial charge < -0.3 is 4.52 Å². The van der Waals surface area contributed by atoms with E-state index in [1.165, 1.54) is 12.3 Å². The van der Waals surface area contributed by atoms with E-state index in [1.54, 1.807) is 18.5 Å². The van der Waals surface area contributed by atoms with E-state index in [-0.39, 0.29) is 4.90 Å². The minimum atomic E-state index is -3.74. The Kier molecular flexibility index (Phi) is 3.39. The van der Waals surface area contributed by atoms with E-state index in [4.69, 9.17) is 4.52 Å². The van der Waals surface area contributed by atoms with Gasteiger partial charge in [-0.05, 0) is 32.8 Å². The topological polar surface area (TPSA) is 116 Å². The van der Waals surface area contributed by atoms with Crippen molar-refractivity contribution in [1.29, 1.82) is 0 Å². The van der Waals surface area contributed by atoms with Crippen LogP contribution in [0.15, 0.2) is 21.7 Å². The van der Waals surface area contributed by atoms with Gasteiger partial charge in [0, 0.05) is 6.54 Å². The molecule has 0 radical (unpaired) electrons. The summed E-state index contributed by atoms with van der Waals surface area (Å²) < 4.78 is 35.0. The van der Waals surface area contributed by atoms with Crippen LogP contribution in [0.25, 0.3) is 11.1 Å². The van der Waals surface area contributed by atoms with Crippen LogP contribution in [0.5, 0.6) is 0 Å². The van der Waals surface area contributed by atoms with Crippen molar-refractivity contribution >= 4 is 21.1 Å². The summed E-state index contributed by atoms with van der Waals surface area (Å²) in [5.74, 6) is 1.29. The molecule has 0 aromatic carbocycles. The SMILES string of the molecule is Cc1nc2n(n1)CCC[C@@H]2NS(=O)(=O)c1cnc2onc(C)c2c1. The molecule has 0 unspecified atom stereocenters. The minimum absolute atomic E-state index is 0.0784. The Morgan fingerprint density at radius 2 is 2.21 bits per heavy atom. The lowest BCUT2D eigenvalue weighted by atomic mass is 10.1. The van der Waals surface area contributed by atoms with E-state index in [9.17, 15) is 8.42 Å². The zero-order chi connectivity index (χ0) is 16.9. The van der Waals surface area contributed by atoms with Crippen molar-refractivity contribution in [3.8, 4) is 0 Å². The van der Waals surface area contributed by atoms with Crippen LogP contribution in [0, 0.1) is 13.8 Å². The van der Waals surface area contributed by atoms with Crippen molar-refractivity contribution in [2.24, 2.45) is 0 Å². The fourth-order valence-corrected chi connectivity index (χ4v) is 4.11. The molecule has 4 heterocycles.